The summed E-state index contributed by atoms with van der Waals surface area (Å²) in [6, 6.07) is 3.11. The number of hydrazine groups is 1. The number of anilines is 1. The normalized spacial score (nSPS) is 22.6. The third-order valence-electron chi connectivity index (χ3n) is 3.66. The van der Waals surface area contributed by atoms with Crippen molar-refractivity contribution in [2.75, 3.05) is 5.32 Å². The molecule has 1 aliphatic rings. The van der Waals surface area contributed by atoms with E-state index in [1.807, 2.05) is 5.01 Å². The molecule has 2 rings (SSSR count). The number of piperidine rings is 1. The van der Waals surface area contributed by atoms with Crippen LogP contribution in [0.2, 0.25) is 0 Å². The molecule has 0 aromatic carbocycles. The largest absolute Gasteiger partial charge is 0.477 e. The van der Waals surface area contributed by atoms with Crippen LogP contribution in [-0.2, 0) is 0 Å². The topological polar surface area (TPSA) is 94.6 Å². The summed E-state index contributed by atoms with van der Waals surface area (Å²) in [4.78, 5) is 26.4. The van der Waals surface area contributed by atoms with Crippen molar-refractivity contribution in [3.63, 3.8) is 0 Å². The number of carbonyl (C=O) groups is 2. The lowest BCUT2D eigenvalue weighted by Crippen LogP contribution is -2.55. The Bertz CT molecular complexity index is 507. The first-order valence-electron chi connectivity index (χ1n) is 7.02. The number of rotatable bonds is 3. The van der Waals surface area contributed by atoms with Crippen LogP contribution in [0.5, 0.6) is 0 Å². The number of carbonyl (C=O) groups excluding carboxylic acids is 1. The van der Waals surface area contributed by atoms with Gasteiger partial charge in [0.15, 0.2) is 0 Å². The summed E-state index contributed by atoms with van der Waals surface area (Å²) >= 11 is 0. The molecule has 1 fully saturated rings. The number of hydrogen-bond donors (Lipinski definition) is 3. The molecule has 1 aromatic rings. The number of aromatic carboxylic acids is 1. The first kappa shape index (κ1) is 15.2. The summed E-state index contributed by atoms with van der Waals surface area (Å²) in [6.45, 7) is 4.16. The molecule has 7 heteroatoms. The lowest BCUT2D eigenvalue weighted by Gasteiger charge is -2.38. The second kappa shape index (κ2) is 6.53. The highest BCUT2D eigenvalue weighted by atomic mass is 16.4. The van der Waals surface area contributed by atoms with Crippen LogP contribution in [0, 0.1) is 0 Å². The Morgan fingerprint density at radius 3 is 2.48 bits per heavy atom. The zero-order valence-corrected chi connectivity index (χ0v) is 12.2. The van der Waals surface area contributed by atoms with Crippen molar-refractivity contribution >= 4 is 17.7 Å². The highest BCUT2D eigenvalue weighted by Gasteiger charge is 2.26. The third kappa shape index (κ3) is 3.91. The fourth-order valence-corrected chi connectivity index (χ4v) is 2.51. The molecule has 2 atom stereocenters. The summed E-state index contributed by atoms with van der Waals surface area (Å²) in [5.74, 6) is -1.10. The smallest absolute Gasteiger partial charge is 0.354 e. The van der Waals surface area contributed by atoms with Gasteiger partial charge in [-0.25, -0.2) is 19.6 Å². The maximum Gasteiger partial charge on any atom is 0.354 e. The molecule has 1 saturated heterocycles. The predicted octanol–water partition coefficient (Wildman–Crippen LogP) is 2.08. The summed E-state index contributed by atoms with van der Waals surface area (Å²) in [5, 5.41) is 13.4. The molecule has 7 nitrogen and oxygen atoms in total. The van der Waals surface area contributed by atoms with E-state index in [1.165, 1.54) is 24.8 Å². The molecular formula is C14H20N4O3. The molecule has 3 N–H and O–H groups in total. The van der Waals surface area contributed by atoms with E-state index in [2.05, 4.69) is 29.6 Å². The molecule has 0 saturated carbocycles. The number of hydrogen-bond acceptors (Lipinski definition) is 4. The highest BCUT2D eigenvalue weighted by Crippen LogP contribution is 2.20. The van der Waals surface area contributed by atoms with Crippen molar-refractivity contribution < 1.29 is 14.7 Å². The van der Waals surface area contributed by atoms with Crippen LogP contribution >= 0.6 is 0 Å². The molecule has 0 radical (unpaired) electrons. The van der Waals surface area contributed by atoms with E-state index in [1.54, 1.807) is 0 Å². The third-order valence-corrected chi connectivity index (χ3v) is 3.66. The summed E-state index contributed by atoms with van der Waals surface area (Å²) in [6.07, 6.45) is 4.60. The number of nitrogens with one attached hydrogen (secondary N) is 2. The van der Waals surface area contributed by atoms with Crippen molar-refractivity contribution in [3.8, 4) is 0 Å². The van der Waals surface area contributed by atoms with Gasteiger partial charge in [0.2, 0.25) is 0 Å². The standard InChI is InChI=1S/C14H20N4O3/c1-9-4-3-5-10(2)18(9)17-14(21)16-11-6-7-12(13(19)20)15-8-11/h6-10H,3-5H2,1-2H3,(H,19,20)(H2,16,17,21). The second-order valence-electron chi connectivity index (χ2n) is 5.34. The number of amides is 2. The Balaban J connectivity index is 1.93. The zero-order valence-electron chi connectivity index (χ0n) is 12.2. The van der Waals surface area contributed by atoms with Crippen LogP contribution in [0.3, 0.4) is 0 Å². The minimum absolute atomic E-state index is 0.0563. The van der Waals surface area contributed by atoms with E-state index in [9.17, 15) is 9.59 Å². The number of pyridine rings is 1. The molecule has 2 amide bonds. The van der Waals surface area contributed by atoms with E-state index in [-0.39, 0.29) is 11.7 Å². The average molecular weight is 292 g/mol. The van der Waals surface area contributed by atoms with Gasteiger partial charge in [0.25, 0.3) is 0 Å². The van der Waals surface area contributed by atoms with Gasteiger partial charge in [0.05, 0.1) is 11.9 Å². The number of urea groups is 1. The van der Waals surface area contributed by atoms with Gasteiger partial charge in [0, 0.05) is 12.1 Å². The fourth-order valence-electron chi connectivity index (χ4n) is 2.51. The van der Waals surface area contributed by atoms with Gasteiger partial charge >= 0.3 is 12.0 Å². The lowest BCUT2D eigenvalue weighted by molar-refractivity contribution is 0.0625. The van der Waals surface area contributed by atoms with Gasteiger partial charge in [0.1, 0.15) is 5.69 Å². The van der Waals surface area contributed by atoms with Crippen molar-refractivity contribution in [2.45, 2.75) is 45.2 Å². The minimum Gasteiger partial charge on any atom is -0.477 e. The zero-order chi connectivity index (χ0) is 15.4. The number of aromatic nitrogens is 1. The molecule has 0 bridgehead atoms. The van der Waals surface area contributed by atoms with Crippen LogP contribution in [0.15, 0.2) is 18.3 Å². The van der Waals surface area contributed by atoms with Crippen LogP contribution < -0.4 is 10.7 Å². The van der Waals surface area contributed by atoms with E-state index in [0.717, 1.165) is 12.8 Å². The predicted molar refractivity (Wildman–Crippen MR) is 78.0 cm³/mol. The highest BCUT2D eigenvalue weighted by molar-refractivity contribution is 5.90. The monoisotopic (exact) mass is 292 g/mol. The summed E-state index contributed by atoms with van der Waals surface area (Å²) in [5.41, 5.74) is 3.24. The van der Waals surface area contributed by atoms with Crippen LogP contribution in [0.4, 0.5) is 10.5 Å². The van der Waals surface area contributed by atoms with Crippen LogP contribution in [0.25, 0.3) is 0 Å². The molecule has 1 aliphatic heterocycles. The van der Waals surface area contributed by atoms with Gasteiger partial charge in [-0.05, 0) is 38.8 Å². The molecule has 114 valence electrons. The van der Waals surface area contributed by atoms with Crippen molar-refractivity contribution in [2.24, 2.45) is 0 Å². The maximum absolute atomic E-state index is 12.0. The van der Waals surface area contributed by atoms with Crippen molar-refractivity contribution in [3.05, 3.63) is 24.0 Å². The first-order chi connectivity index (χ1) is 9.97. The molecule has 21 heavy (non-hydrogen) atoms. The van der Waals surface area contributed by atoms with Gasteiger partial charge in [-0.2, -0.15) is 0 Å². The quantitative estimate of drug-likeness (QED) is 0.793. The lowest BCUT2D eigenvalue weighted by atomic mass is 10.00. The Labute approximate surface area is 123 Å². The van der Waals surface area contributed by atoms with Crippen molar-refractivity contribution in [1.82, 2.24) is 15.4 Å². The van der Waals surface area contributed by atoms with Gasteiger partial charge in [-0.1, -0.05) is 6.42 Å². The van der Waals surface area contributed by atoms with Crippen molar-refractivity contribution in [1.29, 1.82) is 0 Å². The van der Waals surface area contributed by atoms with Crippen LogP contribution in [-0.4, -0.2) is 39.2 Å². The second-order valence-corrected chi connectivity index (χ2v) is 5.34. The molecule has 1 aromatic heterocycles. The van der Waals surface area contributed by atoms with Gasteiger partial charge in [-0.15, -0.1) is 0 Å². The van der Waals surface area contributed by atoms with E-state index >= 15 is 0 Å². The number of carboxylic acids is 1. The molecule has 2 unspecified atom stereocenters. The molecular weight excluding hydrogens is 272 g/mol. The Kier molecular flexibility index (Phi) is 4.74. The molecule has 0 aliphatic carbocycles. The Hall–Kier alpha value is -2.15. The number of carboxylic acid groups (broad SMARTS) is 1. The summed E-state index contributed by atoms with van der Waals surface area (Å²) in [7, 11) is 0. The summed E-state index contributed by atoms with van der Waals surface area (Å²) < 4.78 is 0. The van der Waals surface area contributed by atoms with Gasteiger partial charge < -0.3 is 10.4 Å². The van der Waals surface area contributed by atoms with Crippen LogP contribution in [0.1, 0.15) is 43.6 Å². The molecule has 2 heterocycles. The SMILES string of the molecule is CC1CCCC(C)N1NC(=O)Nc1ccc(C(=O)O)nc1. The average Bonchev–Trinajstić information content (AvgIpc) is 2.43. The Morgan fingerprint density at radius 2 is 1.95 bits per heavy atom. The first-order valence-corrected chi connectivity index (χ1v) is 7.02. The van der Waals surface area contributed by atoms with E-state index in [0.29, 0.717) is 17.8 Å². The Morgan fingerprint density at radius 1 is 1.29 bits per heavy atom. The maximum atomic E-state index is 12.0. The molecule has 0 spiro atoms. The van der Waals surface area contributed by atoms with E-state index in [4.69, 9.17) is 5.11 Å². The fraction of sp³-hybridized carbons (Fsp3) is 0.500. The van der Waals surface area contributed by atoms with Gasteiger partial charge in [-0.3, -0.25) is 5.43 Å². The van der Waals surface area contributed by atoms with E-state index < -0.39 is 5.97 Å². The minimum atomic E-state index is -1.10. The number of nitrogens with zero attached hydrogens (tertiary/aromatic N) is 2.